The van der Waals surface area contributed by atoms with E-state index in [2.05, 4.69) is 5.32 Å². The number of benzene rings is 1. The molecule has 5 nitrogen and oxygen atoms in total. The smallest absolute Gasteiger partial charge is 0.220 e. The topological polar surface area (TPSA) is 67.8 Å². The van der Waals surface area contributed by atoms with Gasteiger partial charge < -0.3 is 19.9 Å². The van der Waals surface area contributed by atoms with Crippen molar-refractivity contribution in [3.63, 3.8) is 0 Å². The number of methoxy groups -OCH3 is 2. The van der Waals surface area contributed by atoms with Gasteiger partial charge in [0.2, 0.25) is 5.91 Å². The number of ether oxygens (including phenoxy) is 2. The maximum atomic E-state index is 11.6. The van der Waals surface area contributed by atoms with Crippen LogP contribution in [0.4, 0.5) is 0 Å². The van der Waals surface area contributed by atoms with Crippen LogP contribution in [-0.2, 0) is 11.3 Å². The lowest BCUT2D eigenvalue weighted by atomic mass is 10.1. The Kier molecular flexibility index (Phi) is 6.15. The summed E-state index contributed by atoms with van der Waals surface area (Å²) < 4.78 is 10.4. The highest BCUT2D eigenvalue weighted by molar-refractivity contribution is 5.75. The number of nitrogens with one attached hydrogen (secondary N) is 1. The highest BCUT2D eigenvalue weighted by Crippen LogP contribution is 2.23. The average molecular weight is 267 g/mol. The van der Waals surface area contributed by atoms with Gasteiger partial charge in [-0.15, -0.1) is 0 Å². The molecule has 0 saturated carbocycles. The van der Waals surface area contributed by atoms with E-state index >= 15 is 0 Å². The summed E-state index contributed by atoms with van der Waals surface area (Å²) in [5.74, 6) is 1.33. The Morgan fingerprint density at radius 3 is 2.68 bits per heavy atom. The second-order valence-electron chi connectivity index (χ2n) is 4.34. The number of aliphatic hydroxyl groups is 1. The van der Waals surface area contributed by atoms with Gasteiger partial charge in [0.25, 0.3) is 0 Å². The van der Waals surface area contributed by atoms with Crippen molar-refractivity contribution in [2.24, 2.45) is 0 Å². The SMILES string of the molecule is COc1ccc(OC)c(CNC(=O)CCC(C)O)c1. The predicted molar refractivity (Wildman–Crippen MR) is 72.3 cm³/mol. The molecule has 0 heterocycles. The van der Waals surface area contributed by atoms with E-state index in [4.69, 9.17) is 14.6 Å². The number of carbonyl (C=O) groups is 1. The zero-order chi connectivity index (χ0) is 14.3. The Balaban J connectivity index is 2.58. The molecule has 0 aromatic heterocycles. The van der Waals surface area contributed by atoms with Crippen LogP contribution < -0.4 is 14.8 Å². The van der Waals surface area contributed by atoms with Gasteiger partial charge in [0.1, 0.15) is 11.5 Å². The highest BCUT2D eigenvalue weighted by atomic mass is 16.5. The van der Waals surface area contributed by atoms with Gasteiger partial charge >= 0.3 is 0 Å². The minimum absolute atomic E-state index is 0.0919. The Bertz CT molecular complexity index is 418. The summed E-state index contributed by atoms with van der Waals surface area (Å²) in [6.45, 7) is 2.04. The fraction of sp³-hybridized carbons (Fsp3) is 0.500. The van der Waals surface area contributed by atoms with Gasteiger partial charge in [-0.2, -0.15) is 0 Å². The van der Waals surface area contributed by atoms with Crippen LogP contribution in [0.1, 0.15) is 25.3 Å². The van der Waals surface area contributed by atoms with Crippen molar-refractivity contribution >= 4 is 5.91 Å². The van der Waals surface area contributed by atoms with E-state index in [-0.39, 0.29) is 5.91 Å². The fourth-order valence-electron chi connectivity index (χ4n) is 1.64. The first kappa shape index (κ1) is 15.3. The summed E-state index contributed by atoms with van der Waals surface area (Å²) in [6.07, 6.45) is 0.308. The first-order valence-electron chi connectivity index (χ1n) is 6.22. The molecule has 1 amide bonds. The standard InChI is InChI=1S/C14H21NO4/c1-10(16)4-7-14(17)15-9-11-8-12(18-2)5-6-13(11)19-3/h5-6,8,10,16H,4,7,9H2,1-3H3,(H,15,17). The average Bonchev–Trinajstić information content (AvgIpc) is 2.42. The minimum Gasteiger partial charge on any atom is -0.497 e. The molecule has 1 aromatic rings. The number of hydrogen-bond acceptors (Lipinski definition) is 4. The summed E-state index contributed by atoms with van der Waals surface area (Å²) >= 11 is 0. The molecular formula is C14H21NO4. The second kappa shape index (κ2) is 7.63. The van der Waals surface area contributed by atoms with Crippen LogP contribution in [0.5, 0.6) is 11.5 Å². The first-order valence-corrected chi connectivity index (χ1v) is 6.22. The molecule has 2 N–H and O–H groups in total. The fourth-order valence-corrected chi connectivity index (χ4v) is 1.64. The van der Waals surface area contributed by atoms with Gasteiger partial charge in [-0.25, -0.2) is 0 Å². The normalized spacial score (nSPS) is 11.8. The Morgan fingerprint density at radius 2 is 2.11 bits per heavy atom. The lowest BCUT2D eigenvalue weighted by Crippen LogP contribution is -2.23. The van der Waals surface area contributed by atoms with Crippen LogP contribution in [0.25, 0.3) is 0 Å². The van der Waals surface area contributed by atoms with E-state index in [9.17, 15) is 4.79 Å². The summed E-state index contributed by atoms with van der Waals surface area (Å²) in [5.41, 5.74) is 0.854. The van der Waals surface area contributed by atoms with E-state index in [0.717, 1.165) is 5.56 Å². The van der Waals surface area contributed by atoms with Crippen LogP contribution in [0.15, 0.2) is 18.2 Å². The summed E-state index contributed by atoms with van der Waals surface area (Å²) in [6, 6.07) is 5.43. The molecule has 19 heavy (non-hydrogen) atoms. The maximum Gasteiger partial charge on any atom is 0.220 e. The zero-order valence-electron chi connectivity index (χ0n) is 11.6. The van der Waals surface area contributed by atoms with Gasteiger partial charge in [-0.1, -0.05) is 0 Å². The van der Waals surface area contributed by atoms with Crippen molar-refractivity contribution in [2.45, 2.75) is 32.4 Å². The third-order valence-corrected chi connectivity index (χ3v) is 2.75. The maximum absolute atomic E-state index is 11.6. The summed E-state index contributed by atoms with van der Waals surface area (Å²) in [5, 5.41) is 11.9. The monoisotopic (exact) mass is 267 g/mol. The van der Waals surface area contributed by atoms with E-state index in [1.54, 1.807) is 33.3 Å². The van der Waals surface area contributed by atoms with E-state index in [1.165, 1.54) is 0 Å². The van der Waals surface area contributed by atoms with Crippen LogP contribution >= 0.6 is 0 Å². The van der Waals surface area contributed by atoms with Crippen molar-refractivity contribution in [2.75, 3.05) is 14.2 Å². The lowest BCUT2D eigenvalue weighted by molar-refractivity contribution is -0.121. The van der Waals surface area contributed by atoms with Crippen molar-refractivity contribution < 1.29 is 19.4 Å². The van der Waals surface area contributed by atoms with Crippen LogP contribution in [0.2, 0.25) is 0 Å². The largest absolute Gasteiger partial charge is 0.497 e. The molecule has 0 aliphatic heterocycles. The van der Waals surface area contributed by atoms with E-state index in [1.807, 2.05) is 6.07 Å². The van der Waals surface area contributed by atoms with Gasteiger partial charge in [0.15, 0.2) is 0 Å². The van der Waals surface area contributed by atoms with Crippen LogP contribution in [0.3, 0.4) is 0 Å². The van der Waals surface area contributed by atoms with Crippen molar-refractivity contribution in [3.05, 3.63) is 23.8 Å². The number of hydrogen-bond donors (Lipinski definition) is 2. The zero-order valence-corrected chi connectivity index (χ0v) is 11.6. The number of carbonyl (C=O) groups excluding carboxylic acids is 1. The molecule has 5 heteroatoms. The van der Waals surface area contributed by atoms with E-state index in [0.29, 0.717) is 30.9 Å². The van der Waals surface area contributed by atoms with Gasteiger partial charge in [-0.05, 0) is 31.5 Å². The molecule has 1 rings (SSSR count). The molecule has 0 fully saturated rings. The molecule has 0 aliphatic carbocycles. The lowest BCUT2D eigenvalue weighted by Gasteiger charge is -2.11. The molecular weight excluding hydrogens is 246 g/mol. The van der Waals surface area contributed by atoms with Crippen LogP contribution in [-0.4, -0.2) is 31.3 Å². The molecule has 0 radical (unpaired) electrons. The Labute approximate surface area is 113 Å². The highest BCUT2D eigenvalue weighted by Gasteiger charge is 2.08. The first-order chi connectivity index (χ1) is 9.06. The van der Waals surface area contributed by atoms with E-state index < -0.39 is 6.10 Å². The molecule has 0 saturated heterocycles. The Morgan fingerprint density at radius 1 is 1.37 bits per heavy atom. The molecule has 0 aliphatic rings. The molecule has 1 atom stereocenters. The second-order valence-corrected chi connectivity index (χ2v) is 4.34. The quantitative estimate of drug-likeness (QED) is 0.785. The third kappa shape index (κ3) is 5.18. The number of aliphatic hydroxyl groups excluding tert-OH is 1. The number of amides is 1. The van der Waals surface area contributed by atoms with Gasteiger partial charge in [0, 0.05) is 18.5 Å². The molecule has 0 bridgehead atoms. The minimum atomic E-state index is -0.461. The van der Waals surface area contributed by atoms with Gasteiger partial charge in [0.05, 0.1) is 20.3 Å². The van der Waals surface area contributed by atoms with Gasteiger partial charge in [-0.3, -0.25) is 4.79 Å². The predicted octanol–water partition coefficient (Wildman–Crippen LogP) is 1.48. The third-order valence-electron chi connectivity index (χ3n) is 2.75. The molecule has 1 aromatic carbocycles. The van der Waals surface area contributed by atoms with Crippen molar-refractivity contribution in [3.8, 4) is 11.5 Å². The molecule has 1 unspecified atom stereocenters. The molecule has 106 valence electrons. The number of rotatable bonds is 7. The Hall–Kier alpha value is -1.75. The van der Waals surface area contributed by atoms with Crippen molar-refractivity contribution in [1.82, 2.24) is 5.32 Å². The summed E-state index contributed by atoms with van der Waals surface area (Å²) in [4.78, 5) is 11.6. The summed E-state index contributed by atoms with van der Waals surface area (Å²) in [7, 11) is 3.17. The van der Waals surface area contributed by atoms with Crippen molar-refractivity contribution in [1.29, 1.82) is 0 Å². The molecule has 0 spiro atoms. The van der Waals surface area contributed by atoms with Crippen LogP contribution in [0, 0.1) is 0 Å².